The van der Waals surface area contributed by atoms with Crippen LogP contribution >= 0.6 is 0 Å². The van der Waals surface area contributed by atoms with E-state index < -0.39 is 27.8 Å². The zero-order chi connectivity index (χ0) is 22.4. The van der Waals surface area contributed by atoms with E-state index in [1.54, 1.807) is 24.4 Å². The lowest BCUT2D eigenvalue weighted by Crippen LogP contribution is -2.29. The topological polar surface area (TPSA) is 108 Å². The van der Waals surface area contributed by atoms with E-state index >= 15 is 0 Å². The second kappa shape index (κ2) is 10.2. The van der Waals surface area contributed by atoms with Crippen LogP contribution in [0.25, 0.3) is 11.6 Å². The molecule has 1 aromatic heterocycles. The summed E-state index contributed by atoms with van der Waals surface area (Å²) in [7, 11) is -3.49. The van der Waals surface area contributed by atoms with Crippen molar-refractivity contribution in [1.29, 1.82) is 0 Å². The van der Waals surface area contributed by atoms with E-state index in [-0.39, 0.29) is 17.9 Å². The number of hydrogen-bond donors (Lipinski definition) is 3. The average molecular weight is 444 g/mol. The third-order valence-corrected chi connectivity index (χ3v) is 7.61. The molecule has 0 amide bonds. The van der Waals surface area contributed by atoms with Gasteiger partial charge in [-0.15, -0.1) is 0 Å². The maximum atomic E-state index is 12.5. The summed E-state index contributed by atoms with van der Waals surface area (Å²) in [6.45, 7) is 1.44. The van der Waals surface area contributed by atoms with E-state index in [4.69, 9.17) is 0 Å². The van der Waals surface area contributed by atoms with Gasteiger partial charge in [-0.1, -0.05) is 43.2 Å². The molecule has 1 aliphatic rings. The monoisotopic (exact) mass is 443 g/mol. The lowest BCUT2D eigenvalue weighted by Gasteiger charge is -2.20. The van der Waals surface area contributed by atoms with E-state index in [2.05, 4.69) is 4.98 Å². The summed E-state index contributed by atoms with van der Waals surface area (Å²) in [6.07, 6.45) is 4.60. The molecule has 0 bridgehead atoms. The Bertz CT molecular complexity index is 1060. The molecule has 0 saturated heterocycles. The summed E-state index contributed by atoms with van der Waals surface area (Å²) in [5.74, 6) is 0.0471. The largest absolute Gasteiger partial charge is 0.507 e. The lowest BCUT2D eigenvalue weighted by atomic mass is 9.92. The number of rotatable bonds is 9. The van der Waals surface area contributed by atoms with Crippen LogP contribution in [0, 0.1) is 0 Å². The quantitative estimate of drug-likeness (QED) is 0.513. The second-order valence-electron chi connectivity index (χ2n) is 7.79. The highest BCUT2D eigenvalue weighted by Crippen LogP contribution is 2.35. The molecule has 2 aromatic rings. The molecule has 0 fully saturated rings. The van der Waals surface area contributed by atoms with Gasteiger partial charge in [-0.05, 0) is 54.7 Å². The number of sulfone groups is 1. The number of para-hydroxylation sites is 1. The molecule has 6 nitrogen and oxygen atoms in total. The molecule has 0 spiro atoms. The number of allylic oxidation sites excluding steroid dienone is 1. The maximum absolute atomic E-state index is 12.5. The van der Waals surface area contributed by atoms with Crippen LogP contribution in [0.4, 0.5) is 0 Å². The van der Waals surface area contributed by atoms with Crippen LogP contribution in [0.2, 0.25) is 0 Å². The number of aliphatic hydroxyl groups is 2. The standard InChI is InChI=1S/C24H29NO5S/c1-2-7-19-16-31(29,30)23(15-26)24(19)22(28)12-11-17(20-9-5-6-13-25-20)14-18-8-3-4-10-21(18)27/h3-6,8-10,13-14,22-23,26-28H,2,7,11-12,15-16H2,1H3/b17-14-/t22-,23+/m1/s1. The van der Waals surface area contributed by atoms with Crippen LogP contribution < -0.4 is 0 Å². The molecule has 166 valence electrons. The fraction of sp³-hybridized carbons (Fsp3) is 0.375. The SMILES string of the molecule is CCCC1=C([C@H](O)CC/C(=C/c2ccccc2O)c2ccccn2)[C@H](CO)S(=O)(=O)C1. The molecule has 1 aromatic carbocycles. The van der Waals surface area contributed by atoms with Crippen molar-refractivity contribution in [3.8, 4) is 5.75 Å². The molecule has 31 heavy (non-hydrogen) atoms. The molecule has 0 aliphatic carbocycles. The first-order valence-electron chi connectivity index (χ1n) is 10.5. The van der Waals surface area contributed by atoms with Gasteiger partial charge in [0, 0.05) is 11.8 Å². The Morgan fingerprint density at radius 3 is 2.61 bits per heavy atom. The molecule has 0 unspecified atom stereocenters. The third-order valence-electron chi connectivity index (χ3n) is 5.59. The Labute approximate surface area is 183 Å². The summed E-state index contributed by atoms with van der Waals surface area (Å²) < 4.78 is 24.9. The second-order valence-corrected chi connectivity index (χ2v) is 9.97. The highest BCUT2D eigenvalue weighted by Gasteiger charge is 2.40. The van der Waals surface area contributed by atoms with Crippen LogP contribution in [0.5, 0.6) is 5.75 Å². The zero-order valence-corrected chi connectivity index (χ0v) is 18.4. The molecule has 3 rings (SSSR count). The lowest BCUT2D eigenvalue weighted by molar-refractivity contribution is 0.190. The van der Waals surface area contributed by atoms with Crippen molar-refractivity contribution in [1.82, 2.24) is 4.98 Å². The number of aliphatic hydroxyl groups excluding tert-OH is 2. The van der Waals surface area contributed by atoms with Crippen molar-refractivity contribution in [2.24, 2.45) is 0 Å². The maximum Gasteiger partial charge on any atom is 0.163 e. The van der Waals surface area contributed by atoms with Crippen molar-refractivity contribution in [3.63, 3.8) is 0 Å². The van der Waals surface area contributed by atoms with Crippen LogP contribution in [-0.4, -0.2) is 52.4 Å². The molecule has 2 atom stereocenters. The van der Waals surface area contributed by atoms with Crippen LogP contribution in [-0.2, 0) is 9.84 Å². The highest BCUT2D eigenvalue weighted by molar-refractivity contribution is 7.92. The summed E-state index contributed by atoms with van der Waals surface area (Å²) in [5, 5.41) is 29.8. The van der Waals surface area contributed by atoms with E-state index in [1.165, 1.54) is 0 Å². The van der Waals surface area contributed by atoms with Crippen molar-refractivity contribution < 1.29 is 23.7 Å². The fourth-order valence-electron chi connectivity index (χ4n) is 4.10. The van der Waals surface area contributed by atoms with E-state index in [0.717, 1.165) is 23.3 Å². The Morgan fingerprint density at radius 1 is 1.23 bits per heavy atom. The molecule has 0 radical (unpaired) electrons. The van der Waals surface area contributed by atoms with Crippen molar-refractivity contribution >= 4 is 21.5 Å². The Hall–Kier alpha value is -2.48. The molecule has 7 heteroatoms. The number of aromatic hydroxyl groups is 1. The molecule has 2 heterocycles. The number of phenolic OH excluding ortho intramolecular Hbond substituents is 1. The highest BCUT2D eigenvalue weighted by atomic mass is 32.2. The minimum Gasteiger partial charge on any atom is -0.507 e. The minimum atomic E-state index is -3.49. The summed E-state index contributed by atoms with van der Waals surface area (Å²) in [6, 6.07) is 12.5. The number of aromatic nitrogens is 1. The number of benzene rings is 1. The summed E-state index contributed by atoms with van der Waals surface area (Å²) in [5.41, 5.74) is 3.35. The van der Waals surface area contributed by atoms with Gasteiger partial charge in [0.25, 0.3) is 0 Å². The summed E-state index contributed by atoms with van der Waals surface area (Å²) >= 11 is 0. The van der Waals surface area contributed by atoms with Gasteiger partial charge < -0.3 is 15.3 Å². The predicted molar refractivity (Wildman–Crippen MR) is 122 cm³/mol. The minimum absolute atomic E-state index is 0.0979. The van der Waals surface area contributed by atoms with Gasteiger partial charge in [0.2, 0.25) is 0 Å². The molecule has 0 saturated carbocycles. The first-order valence-corrected chi connectivity index (χ1v) is 12.2. The van der Waals surface area contributed by atoms with Crippen LogP contribution in [0.1, 0.15) is 43.9 Å². The van der Waals surface area contributed by atoms with Gasteiger partial charge in [-0.3, -0.25) is 4.98 Å². The fourth-order valence-corrected chi connectivity index (χ4v) is 6.04. The van der Waals surface area contributed by atoms with Gasteiger partial charge in [-0.2, -0.15) is 0 Å². The van der Waals surface area contributed by atoms with Crippen LogP contribution in [0.3, 0.4) is 0 Å². The van der Waals surface area contributed by atoms with Crippen molar-refractivity contribution in [3.05, 3.63) is 71.1 Å². The van der Waals surface area contributed by atoms with Crippen LogP contribution in [0.15, 0.2) is 59.8 Å². The summed E-state index contributed by atoms with van der Waals surface area (Å²) in [4.78, 5) is 4.40. The van der Waals surface area contributed by atoms with Gasteiger partial charge in [0.05, 0.1) is 24.2 Å². The number of phenols is 1. The normalized spacial score (nSPS) is 19.6. The number of pyridine rings is 1. The third kappa shape index (κ3) is 5.42. The molecular formula is C24H29NO5S. The van der Waals surface area contributed by atoms with Gasteiger partial charge in [-0.25, -0.2) is 8.42 Å². The van der Waals surface area contributed by atoms with E-state index in [1.807, 2.05) is 37.3 Å². The number of hydrogen-bond acceptors (Lipinski definition) is 6. The average Bonchev–Trinajstić information content (AvgIpc) is 3.02. The molecular weight excluding hydrogens is 414 g/mol. The number of nitrogens with zero attached hydrogens (tertiary/aromatic N) is 1. The Kier molecular flexibility index (Phi) is 7.64. The zero-order valence-electron chi connectivity index (χ0n) is 17.6. The Balaban J connectivity index is 1.89. The molecule has 3 N–H and O–H groups in total. The van der Waals surface area contributed by atoms with E-state index in [0.29, 0.717) is 24.0 Å². The first-order chi connectivity index (χ1) is 14.9. The van der Waals surface area contributed by atoms with Crippen molar-refractivity contribution in [2.45, 2.75) is 44.0 Å². The predicted octanol–water partition coefficient (Wildman–Crippen LogP) is 3.35. The van der Waals surface area contributed by atoms with Gasteiger partial charge in [0.1, 0.15) is 11.0 Å². The Morgan fingerprint density at radius 2 is 1.97 bits per heavy atom. The van der Waals surface area contributed by atoms with Gasteiger partial charge >= 0.3 is 0 Å². The van der Waals surface area contributed by atoms with Crippen molar-refractivity contribution in [2.75, 3.05) is 12.4 Å². The van der Waals surface area contributed by atoms with E-state index in [9.17, 15) is 23.7 Å². The molecule has 1 aliphatic heterocycles. The first kappa shape index (κ1) is 23.2. The van der Waals surface area contributed by atoms with Gasteiger partial charge in [0.15, 0.2) is 9.84 Å². The smallest absolute Gasteiger partial charge is 0.163 e.